The first-order valence-corrected chi connectivity index (χ1v) is 6.29. The van der Waals surface area contributed by atoms with E-state index in [1.807, 2.05) is 0 Å². The van der Waals surface area contributed by atoms with E-state index in [0.29, 0.717) is 0 Å². The molecular weight excluding hydrogens is 445 g/mol. The zero-order valence-electron chi connectivity index (χ0n) is 9.93. The fourth-order valence-electron chi connectivity index (χ4n) is 1.88. The molecule has 1 aliphatic heterocycles. The Hall–Kier alpha value is 0.303. The van der Waals surface area contributed by atoms with E-state index in [4.69, 9.17) is 5.73 Å². The van der Waals surface area contributed by atoms with Gasteiger partial charge >= 0.3 is 26.2 Å². The molecule has 96 valence electrons. The van der Waals surface area contributed by atoms with E-state index in [1.54, 1.807) is 0 Å². The van der Waals surface area contributed by atoms with Crippen molar-refractivity contribution in [2.75, 3.05) is 13.1 Å². The first-order valence-electron chi connectivity index (χ1n) is 5.44. The summed E-state index contributed by atoms with van der Waals surface area (Å²) >= 11 is 7.65. The number of piperidine rings is 1. The molecule has 17 heavy (non-hydrogen) atoms. The molecule has 1 saturated heterocycles. The van der Waals surface area contributed by atoms with Gasteiger partial charge in [0.1, 0.15) is 4.32 Å². The van der Waals surface area contributed by atoms with E-state index in [2.05, 4.69) is 60.5 Å². The predicted octanol–water partition coefficient (Wildman–Crippen LogP) is 1.13. The summed E-state index contributed by atoms with van der Waals surface area (Å²) in [4.78, 5) is 0. The van der Waals surface area contributed by atoms with Crippen LogP contribution >= 0.6 is 24.8 Å². The molecule has 0 aliphatic carbocycles. The molecule has 0 amide bonds. The molecule has 0 atom stereocenters. The summed E-state index contributed by atoms with van der Waals surface area (Å²) in [5.74, 6) is 0.799. The number of hydrogen-bond donors (Lipinski definition) is 3. The molecule has 1 aromatic rings. The van der Waals surface area contributed by atoms with Crippen molar-refractivity contribution < 1.29 is 0 Å². The molecule has 1 aliphatic rings. The molecule has 2 nitrogen and oxygen atoms in total. The molecule has 0 radical (unpaired) electrons. The third-order valence-electron chi connectivity index (χ3n) is 2.61. The first-order chi connectivity index (χ1) is 7.70. The third-order valence-corrected chi connectivity index (χ3v) is 2.61. The maximum Gasteiger partial charge on any atom is -0.00431 e. The van der Waals surface area contributed by atoms with Gasteiger partial charge in [0.05, 0.1) is 0 Å². The molecule has 0 spiro atoms. The molecule has 3 N–H and O–H groups in total. The van der Waals surface area contributed by atoms with Gasteiger partial charge in [0, 0.05) is 0 Å². The van der Waals surface area contributed by atoms with E-state index in [9.17, 15) is 0 Å². The van der Waals surface area contributed by atoms with Crippen molar-refractivity contribution in [1.82, 2.24) is 5.32 Å². The number of nitrogens with one attached hydrogen (secondary N) is 1. The molecular formula is C12H21BiN2S2. The number of hydrogen-bond acceptors (Lipinski definition) is 2. The molecule has 0 aromatic heterocycles. The van der Waals surface area contributed by atoms with Crippen LogP contribution < -0.4 is 11.1 Å². The molecule has 2 rings (SSSR count). The van der Waals surface area contributed by atoms with E-state index in [1.165, 1.54) is 31.5 Å². The minimum Gasteiger partial charge on any atom is -0.317 e. The van der Waals surface area contributed by atoms with Crippen molar-refractivity contribution in [3.8, 4) is 0 Å². The fraction of sp³-hybridized carbons (Fsp3) is 0.417. The van der Waals surface area contributed by atoms with Crippen LogP contribution in [0.25, 0.3) is 0 Å². The van der Waals surface area contributed by atoms with Crippen LogP contribution in [-0.4, -0.2) is 43.6 Å². The molecule has 0 unspecified atom stereocenters. The van der Waals surface area contributed by atoms with Crippen molar-refractivity contribution in [1.29, 1.82) is 0 Å². The monoisotopic (exact) mass is 466 g/mol. The van der Waals surface area contributed by atoms with Gasteiger partial charge in [-0.1, -0.05) is 42.5 Å². The summed E-state index contributed by atoms with van der Waals surface area (Å²) in [5.41, 5.74) is 6.22. The molecule has 0 bridgehead atoms. The Balaban J connectivity index is 0.000000453. The van der Waals surface area contributed by atoms with Gasteiger partial charge in [0.25, 0.3) is 0 Å². The number of rotatable bonds is 1. The Labute approximate surface area is 133 Å². The molecule has 5 heteroatoms. The van der Waals surface area contributed by atoms with Crippen LogP contribution in [0.4, 0.5) is 0 Å². The second kappa shape index (κ2) is 10.2. The first kappa shape index (κ1) is 17.3. The smallest absolute Gasteiger partial charge is 0.00431 e. The summed E-state index contributed by atoms with van der Waals surface area (Å²) in [6, 6.07) is 10.9. The zero-order chi connectivity index (χ0) is 11.8. The van der Waals surface area contributed by atoms with Crippen LogP contribution in [0.3, 0.4) is 0 Å². The maximum atomic E-state index is 4.71. The Kier molecular flexibility index (Phi) is 10.4. The molecule has 1 fully saturated rings. The summed E-state index contributed by atoms with van der Waals surface area (Å²) in [6.07, 6.45) is 2.59. The number of thiol groups is 1. The summed E-state index contributed by atoms with van der Waals surface area (Å²) in [7, 11) is 0. The van der Waals surface area contributed by atoms with Gasteiger partial charge < -0.3 is 11.1 Å². The van der Waals surface area contributed by atoms with E-state index >= 15 is 0 Å². The largest absolute Gasteiger partial charge is 0.317 e. The number of thiocarbonyl (C=S) groups is 1. The standard InChI is InChI=1S/C11H15N.CH3NS2.Bi.3H/c1-2-4-10(5-3-1)11-6-8-12-9-7-11;2-1(3)4;;;;/h1-5,11-12H,6-9H2;(H3,2,3,4);;;;. The van der Waals surface area contributed by atoms with Crippen LogP contribution in [0.2, 0.25) is 0 Å². The summed E-state index contributed by atoms with van der Waals surface area (Å²) in [5, 5.41) is 3.38. The second-order valence-corrected chi connectivity index (χ2v) is 5.00. The van der Waals surface area contributed by atoms with Gasteiger partial charge in [-0.25, -0.2) is 0 Å². The van der Waals surface area contributed by atoms with Crippen LogP contribution in [0.15, 0.2) is 30.3 Å². The molecule has 0 saturated carbocycles. The predicted molar refractivity (Wildman–Crippen MR) is 87.0 cm³/mol. The normalized spacial score (nSPS) is 15.1. The van der Waals surface area contributed by atoms with E-state index in [-0.39, 0.29) is 30.5 Å². The van der Waals surface area contributed by atoms with Crippen molar-refractivity contribution in [3.63, 3.8) is 0 Å². The van der Waals surface area contributed by atoms with Crippen molar-refractivity contribution in [2.45, 2.75) is 18.8 Å². The molecule has 1 aromatic carbocycles. The van der Waals surface area contributed by atoms with Crippen LogP contribution in [0.1, 0.15) is 24.3 Å². The van der Waals surface area contributed by atoms with E-state index < -0.39 is 0 Å². The van der Waals surface area contributed by atoms with Crippen LogP contribution in [0.5, 0.6) is 0 Å². The number of nitrogens with two attached hydrogens (primary N) is 1. The number of benzene rings is 1. The minimum atomic E-state index is 0. The Morgan fingerprint density at radius 2 is 1.71 bits per heavy atom. The van der Waals surface area contributed by atoms with Gasteiger partial charge in [0.2, 0.25) is 0 Å². The average Bonchev–Trinajstić information content (AvgIpc) is 2.31. The van der Waals surface area contributed by atoms with Gasteiger partial charge in [0.15, 0.2) is 0 Å². The Morgan fingerprint density at radius 1 is 1.24 bits per heavy atom. The SMILES string of the molecule is NC(=S)S.[BiH3].c1ccc(C2CCNCC2)cc1. The third kappa shape index (κ3) is 8.09. The van der Waals surface area contributed by atoms with Crippen LogP contribution in [-0.2, 0) is 0 Å². The zero-order valence-corrected chi connectivity index (χ0v) is 17.1. The van der Waals surface area contributed by atoms with Crippen molar-refractivity contribution in [2.24, 2.45) is 5.73 Å². The summed E-state index contributed by atoms with van der Waals surface area (Å²) in [6.45, 7) is 2.36. The van der Waals surface area contributed by atoms with Gasteiger partial charge in [-0.2, -0.15) is 0 Å². The topological polar surface area (TPSA) is 38.0 Å². The molecule has 1 heterocycles. The van der Waals surface area contributed by atoms with Gasteiger partial charge in [-0.05, 0) is 37.4 Å². The fourth-order valence-corrected chi connectivity index (χ4v) is 1.88. The van der Waals surface area contributed by atoms with Crippen LogP contribution in [0, 0.1) is 0 Å². The summed E-state index contributed by atoms with van der Waals surface area (Å²) < 4.78 is 0.194. The minimum absolute atomic E-state index is 0. The van der Waals surface area contributed by atoms with Gasteiger partial charge in [-0.15, -0.1) is 12.6 Å². The quantitative estimate of drug-likeness (QED) is 0.330. The van der Waals surface area contributed by atoms with Crippen molar-refractivity contribution in [3.05, 3.63) is 35.9 Å². The second-order valence-electron chi connectivity index (χ2n) is 3.77. The van der Waals surface area contributed by atoms with Crippen molar-refractivity contribution >= 4 is 55.4 Å². The van der Waals surface area contributed by atoms with Gasteiger partial charge in [-0.3, -0.25) is 0 Å². The van der Waals surface area contributed by atoms with E-state index in [0.717, 1.165) is 5.92 Å². The Morgan fingerprint density at radius 3 is 2.18 bits per heavy atom. The Bertz CT molecular complexity index is 310. The maximum absolute atomic E-state index is 4.71. The average molecular weight is 466 g/mol.